The highest BCUT2D eigenvalue weighted by Gasteiger charge is 2.66. The Hall–Kier alpha value is -4.50. The molecule has 8 aliphatic carbocycles. The van der Waals surface area contributed by atoms with E-state index in [-0.39, 0.29) is 32.5 Å². The third-order valence-electron chi connectivity index (χ3n) is 19.5. The van der Waals surface area contributed by atoms with Crippen LogP contribution in [0.1, 0.15) is 139 Å². The second-order valence-corrected chi connectivity index (χ2v) is 23.2. The van der Waals surface area contributed by atoms with Crippen molar-refractivity contribution >= 4 is 60.4 Å². The molecular weight excluding hydrogens is 719 g/mol. The van der Waals surface area contributed by atoms with Crippen LogP contribution in [0, 0.1) is 45.3 Å². The molecule has 8 aliphatic rings. The first-order valence-corrected chi connectivity index (χ1v) is 23.0. The van der Waals surface area contributed by atoms with E-state index in [1.807, 2.05) is 0 Å². The van der Waals surface area contributed by atoms with Crippen LogP contribution >= 0.6 is 0 Å². The number of rotatable bonds is 1. The molecule has 3 nitrogen and oxygen atoms in total. The summed E-state index contributed by atoms with van der Waals surface area (Å²) in [6.45, 7) is 19.6. The number of fused-ring (bicyclic) bond motifs is 10. The molecule has 298 valence electrons. The highest BCUT2D eigenvalue weighted by molar-refractivity contribution is 6.32. The van der Waals surface area contributed by atoms with Crippen molar-refractivity contribution in [1.29, 1.82) is 0 Å². The van der Waals surface area contributed by atoms with E-state index in [0.29, 0.717) is 35.2 Å². The predicted molar refractivity (Wildman–Crippen MR) is 242 cm³/mol. The fraction of sp³-hybridized carbons (Fsp3) is 0.464. The normalized spacial score (nSPS) is 35.2. The Labute approximate surface area is 348 Å². The maximum Gasteiger partial charge on any atom is 0.169 e. The topological polar surface area (TPSA) is 38.5 Å². The van der Waals surface area contributed by atoms with Crippen molar-refractivity contribution in [3.8, 4) is 11.1 Å². The van der Waals surface area contributed by atoms with Crippen LogP contribution in [0.4, 0.5) is 0 Å². The van der Waals surface area contributed by atoms with E-state index < -0.39 is 0 Å². The Bertz CT molecular complexity index is 3090. The maximum atomic E-state index is 15.3. The summed E-state index contributed by atoms with van der Waals surface area (Å²) in [6, 6.07) is 29.9. The van der Waals surface area contributed by atoms with Gasteiger partial charge in [-0.1, -0.05) is 97.9 Å². The summed E-state index contributed by atoms with van der Waals surface area (Å²) in [4.78, 5) is 30.6. The number of Topliss-reactive ketones (excluding diaryl/α,β-unsaturated/α-hetero) is 2. The van der Waals surface area contributed by atoms with E-state index >= 15 is 9.59 Å². The number of carbonyl (C=O) groups excluding carboxylic acids is 2. The molecule has 0 N–H and O–H groups in total. The zero-order valence-electron chi connectivity index (χ0n) is 36.2. The summed E-state index contributed by atoms with van der Waals surface area (Å²) >= 11 is 0. The molecule has 0 radical (unpaired) electrons. The van der Waals surface area contributed by atoms with Crippen LogP contribution in [0.2, 0.25) is 0 Å². The van der Waals surface area contributed by atoms with E-state index in [4.69, 9.17) is 0 Å². The Balaban J connectivity index is 1.18. The van der Waals surface area contributed by atoms with E-state index in [2.05, 4.69) is 139 Å². The number of carbonyl (C=O) groups is 2. The van der Waals surface area contributed by atoms with Crippen molar-refractivity contribution < 1.29 is 9.59 Å². The highest BCUT2D eigenvalue weighted by atomic mass is 16.1. The molecule has 0 aliphatic heterocycles. The third kappa shape index (κ3) is 3.91. The Morgan fingerprint density at radius 3 is 1.59 bits per heavy atom. The molecule has 4 saturated carbocycles. The smallest absolute Gasteiger partial charge is 0.169 e. The van der Waals surface area contributed by atoms with E-state index in [1.165, 1.54) is 72.9 Å². The largest absolute Gasteiger partial charge is 0.308 e. The van der Waals surface area contributed by atoms with Gasteiger partial charge in [-0.05, 0) is 166 Å². The molecule has 8 atom stereocenters. The molecule has 0 amide bonds. The molecule has 8 unspecified atom stereocenters. The van der Waals surface area contributed by atoms with Gasteiger partial charge < -0.3 is 4.40 Å². The van der Waals surface area contributed by atoms with Crippen molar-refractivity contribution in [2.24, 2.45) is 45.3 Å². The van der Waals surface area contributed by atoms with Gasteiger partial charge >= 0.3 is 0 Å². The van der Waals surface area contributed by atoms with Gasteiger partial charge in [0.15, 0.2) is 11.6 Å². The fourth-order valence-electron chi connectivity index (χ4n) is 16.8. The standard InChI is InChI=1S/C56H57NO2/c1-51(2)18-16-39-47(51)53(5)20-22-55(39,7)49(58)36-28-43-34(26-41(36)53)35-25-32-24-31(30-12-10-9-11-13-30)14-15-33(32)45-38-27-42-37(29-44(38)57(43)46(35)45)50(59)56(8)23-21-54(42,6)48-40(56)17-19-52(48,3)4/h9-15,24-29,39-40,47-48H,16-23H2,1-8H3. The van der Waals surface area contributed by atoms with Crippen LogP contribution in [0.5, 0.6) is 0 Å². The second-order valence-electron chi connectivity index (χ2n) is 23.2. The van der Waals surface area contributed by atoms with Gasteiger partial charge in [0.05, 0.1) is 16.6 Å². The molecule has 15 rings (SSSR count). The lowest BCUT2D eigenvalue weighted by Crippen LogP contribution is -2.50. The van der Waals surface area contributed by atoms with Gasteiger partial charge in [-0.3, -0.25) is 9.59 Å². The van der Waals surface area contributed by atoms with E-state index in [9.17, 15) is 0 Å². The Kier molecular flexibility index (Phi) is 6.28. The molecule has 4 bridgehead atoms. The van der Waals surface area contributed by atoms with Gasteiger partial charge in [0.25, 0.3) is 0 Å². The van der Waals surface area contributed by atoms with Crippen molar-refractivity contribution in [2.75, 3.05) is 0 Å². The van der Waals surface area contributed by atoms with Crippen LogP contribution in [-0.2, 0) is 10.8 Å². The predicted octanol–water partition coefficient (Wildman–Crippen LogP) is 14.3. The summed E-state index contributed by atoms with van der Waals surface area (Å²) in [5.41, 5.74) is 9.88. The van der Waals surface area contributed by atoms with Crippen molar-refractivity contribution in [2.45, 2.75) is 118 Å². The zero-order valence-corrected chi connectivity index (χ0v) is 36.2. The van der Waals surface area contributed by atoms with Crippen molar-refractivity contribution in [3.63, 3.8) is 0 Å². The average Bonchev–Trinajstić information content (AvgIpc) is 3.91. The Morgan fingerprint density at radius 2 is 1.02 bits per heavy atom. The number of aromatic nitrogens is 1. The van der Waals surface area contributed by atoms with Crippen LogP contribution in [0.3, 0.4) is 0 Å². The molecule has 2 aromatic heterocycles. The minimum Gasteiger partial charge on any atom is -0.308 e. The first kappa shape index (κ1) is 35.3. The number of hydrogen-bond acceptors (Lipinski definition) is 2. The summed E-state index contributed by atoms with van der Waals surface area (Å²) < 4.78 is 2.49. The molecule has 3 heteroatoms. The lowest BCUT2D eigenvalue weighted by atomic mass is 9.51. The zero-order chi connectivity index (χ0) is 40.6. The van der Waals surface area contributed by atoms with Crippen LogP contribution in [0.25, 0.3) is 60.0 Å². The lowest BCUT2D eigenvalue weighted by Gasteiger charge is -2.52. The first-order valence-electron chi connectivity index (χ1n) is 23.0. The molecule has 0 saturated heterocycles. The molecule has 2 heterocycles. The molecule has 7 aromatic rings. The molecule has 4 fully saturated rings. The van der Waals surface area contributed by atoms with Gasteiger partial charge in [-0.2, -0.15) is 0 Å². The minimum absolute atomic E-state index is 0.0732. The quantitative estimate of drug-likeness (QED) is 0.167. The van der Waals surface area contributed by atoms with Crippen molar-refractivity contribution in [3.05, 3.63) is 101 Å². The molecule has 5 aromatic carbocycles. The van der Waals surface area contributed by atoms with Gasteiger partial charge in [0.1, 0.15) is 0 Å². The number of benzene rings is 5. The summed E-state index contributed by atoms with van der Waals surface area (Å²) in [5.74, 6) is 2.46. The monoisotopic (exact) mass is 775 g/mol. The second kappa shape index (κ2) is 10.5. The summed E-state index contributed by atoms with van der Waals surface area (Å²) in [6.07, 6.45) is 8.68. The first-order chi connectivity index (χ1) is 28.0. The van der Waals surface area contributed by atoms with Crippen LogP contribution in [0.15, 0.2) is 78.9 Å². The van der Waals surface area contributed by atoms with E-state index in [1.54, 1.807) is 0 Å². The fourth-order valence-corrected chi connectivity index (χ4v) is 16.8. The molecule has 59 heavy (non-hydrogen) atoms. The SMILES string of the molecule is CC1(C)CCC2C1C1(C)CCC2(C)C(=O)c2cc3c(cc21)c1cc2cc(-c4ccccc4)ccc2c2c4cc5c(cc4n3c12)C(=O)C1(C)CCC5(C)C2C1CCC2(C)C. The molecule has 0 spiro atoms. The van der Waals surface area contributed by atoms with Gasteiger partial charge in [-0.15, -0.1) is 0 Å². The van der Waals surface area contributed by atoms with Crippen molar-refractivity contribution in [1.82, 2.24) is 4.40 Å². The van der Waals surface area contributed by atoms with E-state index in [0.717, 1.165) is 60.7 Å². The maximum absolute atomic E-state index is 15.3. The van der Waals surface area contributed by atoms with Gasteiger partial charge in [0, 0.05) is 43.5 Å². The highest BCUT2D eigenvalue weighted by Crippen LogP contribution is 2.70. The summed E-state index contributed by atoms with van der Waals surface area (Å²) in [7, 11) is 0. The minimum atomic E-state index is -0.350. The number of ketones is 2. The van der Waals surface area contributed by atoms with Gasteiger partial charge in [-0.25, -0.2) is 0 Å². The van der Waals surface area contributed by atoms with Crippen LogP contribution in [-0.4, -0.2) is 16.0 Å². The lowest BCUT2D eigenvalue weighted by molar-refractivity contribution is -0.000944. The summed E-state index contributed by atoms with van der Waals surface area (Å²) in [5, 5.41) is 7.53. The molecular formula is C56H57NO2. The third-order valence-corrected chi connectivity index (χ3v) is 19.5. The van der Waals surface area contributed by atoms with Gasteiger partial charge in [0.2, 0.25) is 0 Å². The Morgan fingerprint density at radius 1 is 0.492 bits per heavy atom. The number of nitrogens with zero attached hydrogens (tertiary/aromatic N) is 1. The number of hydrogen-bond donors (Lipinski definition) is 0. The average molecular weight is 776 g/mol. The van der Waals surface area contributed by atoms with Crippen LogP contribution < -0.4 is 0 Å².